The van der Waals surface area contributed by atoms with Gasteiger partial charge in [-0.3, -0.25) is 4.79 Å². The van der Waals surface area contributed by atoms with Gasteiger partial charge in [0.05, 0.1) is 5.69 Å². The van der Waals surface area contributed by atoms with Gasteiger partial charge in [-0.05, 0) is 60.2 Å². The summed E-state index contributed by atoms with van der Waals surface area (Å²) in [6.45, 7) is 1.79. The maximum atomic E-state index is 12.3. The lowest BCUT2D eigenvalue weighted by Gasteiger charge is -2.04. The van der Waals surface area contributed by atoms with Crippen molar-refractivity contribution in [2.24, 2.45) is 4.99 Å². The highest BCUT2D eigenvalue weighted by atomic mass is 16.6. The molecule has 2 aromatic carbocycles. The van der Waals surface area contributed by atoms with Crippen LogP contribution in [0.15, 0.2) is 89.8 Å². The van der Waals surface area contributed by atoms with Crippen LogP contribution in [-0.2, 0) is 20.9 Å². The normalized spacial score (nSPS) is 14.2. The molecule has 8 heteroatoms. The average Bonchev–Trinajstić information content (AvgIpc) is 3.42. The van der Waals surface area contributed by atoms with Gasteiger partial charge in [0.2, 0.25) is 11.8 Å². The molecule has 8 nitrogen and oxygen atoms in total. The van der Waals surface area contributed by atoms with Gasteiger partial charge >= 0.3 is 5.97 Å². The van der Waals surface area contributed by atoms with Crippen LogP contribution in [0.3, 0.4) is 0 Å². The molecule has 0 spiro atoms. The maximum absolute atomic E-state index is 12.3. The van der Waals surface area contributed by atoms with Gasteiger partial charge in [-0.1, -0.05) is 18.2 Å². The number of rotatable bonds is 6. The number of esters is 1. The van der Waals surface area contributed by atoms with Crippen LogP contribution >= 0.6 is 0 Å². The van der Waals surface area contributed by atoms with E-state index in [2.05, 4.69) is 15.3 Å². The second kappa shape index (κ2) is 9.03. The Hall–Kier alpha value is -4.72. The van der Waals surface area contributed by atoms with Gasteiger partial charge in [0.15, 0.2) is 5.70 Å². The Kier molecular flexibility index (Phi) is 5.61. The molecular formula is C26H20N4O4. The monoisotopic (exact) mass is 452 g/mol. The minimum atomic E-state index is -0.520. The van der Waals surface area contributed by atoms with Crippen molar-refractivity contribution in [2.75, 3.05) is 5.32 Å². The molecule has 34 heavy (non-hydrogen) atoms. The van der Waals surface area contributed by atoms with E-state index in [0.717, 1.165) is 16.9 Å². The quantitative estimate of drug-likeness (QED) is 0.349. The number of fused-ring (bicyclic) bond motifs is 1. The van der Waals surface area contributed by atoms with Gasteiger partial charge in [0, 0.05) is 30.6 Å². The second-order valence-electron chi connectivity index (χ2n) is 7.65. The number of benzene rings is 2. The molecule has 0 atom stereocenters. The minimum absolute atomic E-state index is 0.158. The van der Waals surface area contributed by atoms with Crippen LogP contribution in [0.4, 0.5) is 5.69 Å². The number of carbonyl (C=O) groups is 2. The van der Waals surface area contributed by atoms with E-state index in [1.807, 2.05) is 59.3 Å². The molecule has 1 aliphatic rings. The zero-order chi connectivity index (χ0) is 23.5. The highest BCUT2D eigenvalue weighted by Crippen LogP contribution is 2.22. The van der Waals surface area contributed by atoms with E-state index in [9.17, 15) is 9.59 Å². The van der Waals surface area contributed by atoms with E-state index in [1.54, 1.807) is 30.3 Å². The van der Waals surface area contributed by atoms with Gasteiger partial charge < -0.3 is 19.2 Å². The van der Waals surface area contributed by atoms with Crippen LogP contribution in [0.2, 0.25) is 0 Å². The van der Waals surface area contributed by atoms with E-state index < -0.39 is 5.97 Å². The average molecular weight is 452 g/mol. The maximum Gasteiger partial charge on any atom is 0.363 e. The van der Waals surface area contributed by atoms with Crippen LogP contribution in [-0.4, -0.2) is 27.2 Å². The Balaban J connectivity index is 1.25. The molecule has 4 aromatic rings. The van der Waals surface area contributed by atoms with Crippen LogP contribution < -0.4 is 10.1 Å². The standard InChI is InChI=1S/C26H20N4O4/c1-17(31)27-20-9-7-19(8-10-20)25-29-23(26(32)34-25)14-18-5-11-22(12-6-18)33-16-21-15-30-13-3-2-4-24(30)28-21/h2-15H,16H2,1H3,(H,27,31)/b23-14-. The molecule has 0 fully saturated rings. The van der Waals surface area contributed by atoms with E-state index in [4.69, 9.17) is 9.47 Å². The number of anilines is 1. The number of amides is 1. The zero-order valence-corrected chi connectivity index (χ0v) is 18.3. The van der Waals surface area contributed by atoms with Crippen LogP contribution in [0.25, 0.3) is 11.7 Å². The summed E-state index contributed by atoms with van der Waals surface area (Å²) in [7, 11) is 0. The summed E-state index contributed by atoms with van der Waals surface area (Å²) in [5.41, 5.74) is 3.99. The lowest BCUT2D eigenvalue weighted by molar-refractivity contribution is -0.129. The number of hydrogen-bond acceptors (Lipinski definition) is 6. The number of ether oxygens (including phenoxy) is 2. The molecule has 2 aromatic heterocycles. The number of aromatic nitrogens is 2. The number of hydrogen-bond donors (Lipinski definition) is 1. The molecule has 0 bridgehead atoms. The van der Waals surface area contributed by atoms with Crippen molar-refractivity contribution in [1.82, 2.24) is 9.38 Å². The number of pyridine rings is 1. The first-order valence-electron chi connectivity index (χ1n) is 10.6. The number of carbonyl (C=O) groups excluding carboxylic acids is 2. The van der Waals surface area contributed by atoms with E-state index in [-0.39, 0.29) is 17.5 Å². The molecule has 0 unspecified atom stereocenters. The number of nitrogens with one attached hydrogen (secondary N) is 1. The Morgan fingerprint density at radius 3 is 2.62 bits per heavy atom. The molecular weight excluding hydrogens is 432 g/mol. The van der Waals surface area contributed by atoms with Crippen LogP contribution in [0.1, 0.15) is 23.7 Å². The highest BCUT2D eigenvalue weighted by molar-refractivity contribution is 6.13. The lowest BCUT2D eigenvalue weighted by atomic mass is 10.2. The second-order valence-corrected chi connectivity index (χ2v) is 7.65. The fourth-order valence-electron chi connectivity index (χ4n) is 3.46. The Morgan fingerprint density at radius 1 is 1.09 bits per heavy atom. The van der Waals surface area contributed by atoms with Crippen LogP contribution in [0.5, 0.6) is 5.75 Å². The molecule has 1 aliphatic heterocycles. The summed E-state index contributed by atoms with van der Waals surface area (Å²) in [6, 6.07) is 20.1. The van der Waals surface area contributed by atoms with Gasteiger partial charge in [-0.15, -0.1) is 0 Å². The number of aliphatic imine (C=N–C) groups is 1. The predicted molar refractivity (Wildman–Crippen MR) is 127 cm³/mol. The molecule has 5 rings (SSSR count). The van der Waals surface area contributed by atoms with Crippen molar-refractivity contribution in [3.05, 3.63) is 102 Å². The minimum Gasteiger partial charge on any atom is -0.487 e. The summed E-state index contributed by atoms with van der Waals surface area (Å²) in [6.07, 6.45) is 5.53. The predicted octanol–water partition coefficient (Wildman–Crippen LogP) is 4.22. The fourth-order valence-corrected chi connectivity index (χ4v) is 3.46. The Labute approximate surface area is 195 Å². The van der Waals surface area contributed by atoms with Gasteiger partial charge in [-0.25, -0.2) is 14.8 Å². The van der Waals surface area contributed by atoms with Crippen molar-refractivity contribution in [3.8, 4) is 5.75 Å². The Bertz CT molecular complexity index is 1400. The fraction of sp³-hybridized carbons (Fsp3) is 0.0769. The van der Waals surface area contributed by atoms with Crippen molar-refractivity contribution in [3.63, 3.8) is 0 Å². The van der Waals surface area contributed by atoms with Gasteiger partial charge in [0.1, 0.15) is 18.0 Å². The number of cyclic esters (lactones) is 1. The zero-order valence-electron chi connectivity index (χ0n) is 18.3. The van der Waals surface area contributed by atoms with Crippen molar-refractivity contribution in [1.29, 1.82) is 0 Å². The SMILES string of the molecule is CC(=O)Nc1ccc(C2=N/C(=C\c3ccc(OCc4cn5ccccc5n4)cc3)C(=O)O2)cc1. The first-order valence-corrected chi connectivity index (χ1v) is 10.6. The summed E-state index contributed by atoms with van der Waals surface area (Å²) < 4.78 is 13.1. The summed E-state index contributed by atoms with van der Waals surface area (Å²) in [4.78, 5) is 32.3. The summed E-state index contributed by atoms with van der Waals surface area (Å²) >= 11 is 0. The molecule has 1 N–H and O–H groups in total. The van der Waals surface area contributed by atoms with E-state index in [1.165, 1.54) is 6.92 Å². The number of nitrogens with zero attached hydrogens (tertiary/aromatic N) is 3. The molecule has 3 heterocycles. The number of imidazole rings is 1. The van der Waals surface area contributed by atoms with Crippen LogP contribution in [0, 0.1) is 0 Å². The molecule has 168 valence electrons. The summed E-state index contributed by atoms with van der Waals surface area (Å²) in [5.74, 6) is 0.233. The van der Waals surface area contributed by atoms with Crippen molar-refractivity contribution in [2.45, 2.75) is 13.5 Å². The molecule has 0 aliphatic carbocycles. The highest BCUT2D eigenvalue weighted by Gasteiger charge is 2.24. The third-order valence-corrected chi connectivity index (χ3v) is 5.06. The lowest BCUT2D eigenvalue weighted by Crippen LogP contribution is -2.07. The van der Waals surface area contributed by atoms with Crippen molar-refractivity contribution < 1.29 is 19.1 Å². The van der Waals surface area contributed by atoms with E-state index in [0.29, 0.717) is 23.6 Å². The van der Waals surface area contributed by atoms with E-state index >= 15 is 0 Å². The first kappa shape index (κ1) is 21.1. The topological polar surface area (TPSA) is 94.3 Å². The van der Waals surface area contributed by atoms with Gasteiger partial charge in [0.25, 0.3) is 0 Å². The molecule has 1 amide bonds. The largest absolute Gasteiger partial charge is 0.487 e. The molecule has 0 saturated heterocycles. The molecule has 0 radical (unpaired) electrons. The first-order chi connectivity index (χ1) is 16.5. The third-order valence-electron chi connectivity index (χ3n) is 5.06. The third kappa shape index (κ3) is 4.71. The Morgan fingerprint density at radius 2 is 1.88 bits per heavy atom. The summed E-state index contributed by atoms with van der Waals surface area (Å²) in [5, 5.41) is 2.69. The molecule has 0 saturated carbocycles. The smallest absolute Gasteiger partial charge is 0.363 e. The van der Waals surface area contributed by atoms with Gasteiger partial charge in [-0.2, -0.15) is 0 Å². The van der Waals surface area contributed by atoms with Crippen molar-refractivity contribution >= 4 is 35.2 Å².